The molecule has 3 aliphatic heterocycles. The highest BCUT2D eigenvalue weighted by atomic mass is 19.1. The van der Waals surface area contributed by atoms with Crippen LogP contribution in [-0.4, -0.2) is 52.6 Å². The number of carbonyl (C=O) groups excluding carboxylic acids is 1. The lowest BCUT2D eigenvalue weighted by Crippen LogP contribution is -2.29. The average Bonchev–Trinajstić information content (AvgIpc) is 3.50. The number of nitrogens with one attached hydrogen (secondary N) is 2. The number of anilines is 1. The van der Waals surface area contributed by atoms with Crippen molar-refractivity contribution in [2.75, 3.05) is 25.5 Å². The highest BCUT2D eigenvalue weighted by molar-refractivity contribution is 6.49. The van der Waals surface area contributed by atoms with Gasteiger partial charge in [-0.25, -0.2) is 4.39 Å². The molecule has 2 saturated heterocycles. The van der Waals surface area contributed by atoms with Crippen LogP contribution in [0.1, 0.15) is 41.5 Å². The maximum Gasteiger partial charge on any atom is 0.274 e. The molecule has 34 heavy (non-hydrogen) atoms. The van der Waals surface area contributed by atoms with Crippen molar-refractivity contribution >= 4 is 17.3 Å². The van der Waals surface area contributed by atoms with Gasteiger partial charge in [0.05, 0.1) is 12.2 Å². The maximum absolute atomic E-state index is 14.9. The molecule has 0 aliphatic carbocycles. The third-order valence-electron chi connectivity index (χ3n) is 7.14. The van der Waals surface area contributed by atoms with Crippen molar-refractivity contribution < 1.29 is 9.18 Å². The summed E-state index contributed by atoms with van der Waals surface area (Å²) in [6.07, 6.45) is 5.51. The van der Waals surface area contributed by atoms with Gasteiger partial charge in [0.1, 0.15) is 17.7 Å². The van der Waals surface area contributed by atoms with Crippen molar-refractivity contribution in [2.45, 2.75) is 31.0 Å². The first-order valence-corrected chi connectivity index (χ1v) is 11.7. The molecule has 2 unspecified atom stereocenters. The molecule has 3 aromatic rings. The van der Waals surface area contributed by atoms with Crippen molar-refractivity contribution in [3.05, 3.63) is 71.3 Å². The van der Waals surface area contributed by atoms with Crippen LogP contribution in [0.5, 0.6) is 0 Å². The molecule has 2 atom stereocenters. The lowest BCUT2D eigenvalue weighted by Gasteiger charge is -2.29. The number of aryl methyl sites for hydroxylation is 1. The lowest BCUT2D eigenvalue weighted by molar-refractivity contribution is -0.110. The highest BCUT2D eigenvalue weighted by Crippen LogP contribution is 2.40. The Kier molecular flexibility index (Phi) is 5.08. The molecule has 0 bridgehead atoms. The molecule has 0 spiro atoms. The van der Waals surface area contributed by atoms with Crippen molar-refractivity contribution in [1.29, 1.82) is 0 Å². The van der Waals surface area contributed by atoms with Gasteiger partial charge in [-0.3, -0.25) is 19.8 Å². The molecule has 8 heteroatoms. The Hall–Kier alpha value is -3.36. The molecular weight excluding hydrogens is 431 g/mol. The number of amides is 1. The number of piperidine rings is 1. The van der Waals surface area contributed by atoms with Crippen LogP contribution in [0.4, 0.5) is 10.1 Å². The Morgan fingerprint density at radius 2 is 1.88 bits per heavy atom. The Morgan fingerprint density at radius 1 is 1.12 bits per heavy atom. The molecule has 4 heterocycles. The van der Waals surface area contributed by atoms with Crippen molar-refractivity contribution in [3.8, 4) is 11.1 Å². The van der Waals surface area contributed by atoms with E-state index in [0.717, 1.165) is 37.2 Å². The molecular formula is C26H27FN6O. The molecule has 0 saturated carbocycles. The summed E-state index contributed by atoms with van der Waals surface area (Å²) < 4.78 is 16.6. The zero-order valence-electron chi connectivity index (χ0n) is 19.3. The Balaban J connectivity index is 1.25. The summed E-state index contributed by atoms with van der Waals surface area (Å²) in [5.41, 5.74) is 4.87. The van der Waals surface area contributed by atoms with Crippen LogP contribution in [0.2, 0.25) is 0 Å². The van der Waals surface area contributed by atoms with E-state index in [2.05, 4.69) is 44.8 Å². The fraction of sp³-hybridized carbons (Fsp3) is 0.346. The first-order chi connectivity index (χ1) is 16.5. The second kappa shape index (κ2) is 8.14. The molecule has 174 valence electrons. The first kappa shape index (κ1) is 21.2. The van der Waals surface area contributed by atoms with Crippen molar-refractivity contribution in [3.63, 3.8) is 0 Å². The van der Waals surface area contributed by atoms with Gasteiger partial charge in [-0.1, -0.05) is 12.1 Å². The van der Waals surface area contributed by atoms with Crippen LogP contribution in [0.15, 0.2) is 53.8 Å². The van der Waals surface area contributed by atoms with E-state index in [1.54, 1.807) is 30.2 Å². The summed E-state index contributed by atoms with van der Waals surface area (Å²) >= 11 is 0. The SMILES string of the molecule is CN1CCC(c2ccc(NC(=O)C3=NC4NC4c4cc(F)c(-c5cnn(C)c5)cc43)cc2)CC1. The zero-order valence-corrected chi connectivity index (χ0v) is 19.3. The molecule has 2 N–H and O–H groups in total. The predicted octanol–water partition coefficient (Wildman–Crippen LogP) is 3.45. The normalized spacial score (nSPS) is 22.0. The van der Waals surface area contributed by atoms with Crippen LogP contribution in [-0.2, 0) is 11.8 Å². The summed E-state index contributed by atoms with van der Waals surface area (Å²) in [5.74, 6) is -0.0521. The zero-order chi connectivity index (χ0) is 23.4. The molecule has 6 rings (SSSR count). The van der Waals surface area contributed by atoms with Gasteiger partial charge in [0.25, 0.3) is 5.91 Å². The number of hydrogen-bond acceptors (Lipinski definition) is 5. The Bertz CT molecular complexity index is 1290. The smallest absolute Gasteiger partial charge is 0.274 e. The Labute approximate surface area is 197 Å². The summed E-state index contributed by atoms with van der Waals surface area (Å²) in [6.45, 7) is 2.22. The van der Waals surface area contributed by atoms with Crippen LogP contribution in [0.25, 0.3) is 11.1 Å². The van der Waals surface area contributed by atoms with E-state index in [0.29, 0.717) is 28.3 Å². The van der Waals surface area contributed by atoms with E-state index in [1.807, 2.05) is 12.1 Å². The number of nitrogens with zero attached hydrogens (tertiary/aromatic N) is 4. The first-order valence-electron chi connectivity index (χ1n) is 11.7. The van der Waals surface area contributed by atoms with Crippen molar-refractivity contribution in [2.24, 2.45) is 12.0 Å². The summed E-state index contributed by atoms with van der Waals surface area (Å²) in [7, 11) is 3.95. The minimum atomic E-state index is -0.328. The van der Waals surface area contributed by atoms with Gasteiger partial charge in [0, 0.05) is 35.6 Å². The van der Waals surface area contributed by atoms with E-state index in [1.165, 1.54) is 11.6 Å². The number of likely N-dealkylation sites (tertiary alicyclic amines) is 1. The maximum atomic E-state index is 14.9. The van der Waals surface area contributed by atoms with Gasteiger partial charge in [-0.2, -0.15) is 5.10 Å². The number of halogens is 1. The number of hydrogen-bond donors (Lipinski definition) is 2. The van der Waals surface area contributed by atoms with E-state index in [-0.39, 0.29) is 23.9 Å². The van der Waals surface area contributed by atoms with Gasteiger partial charge < -0.3 is 10.2 Å². The molecule has 7 nitrogen and oxygen atoms in total. The summed E-state index contributed by atoms with van der Waals surface area (Å²) in [5, 5.41) is 10.4. The number of aromatic nitrogens is 2. The lowest BCUT2D eigenvalue weighted by atomic mass is 9.89. The molecule has 3 aliphatic rings. The van der Waals surface area contributed by atoms with E-state index in [9.17, 15) is 9.18 Å². The largest absolute Gasteiger partial charge is 0.321 e. The molecule has 0 radical (unpaired) electrons. The molecule has 2 aromatic carbocycles. The number of fused-ring (bicyclic) bond motifs is 3. The summed E-state index contributed by atoms with van der Waals surface area (Å²) in [4.78, 5) is 20.2. The van der Waals surface area contributed by atoms with Crippen LogP contribution in [0, 0.1) is 5.82 Å². The number of carbonyl (C=O) groups is 1. The van der Waals surface area contributed by atoms with Crippen LogP contribution >= 0.6 is 0 Å². The van der Waals surface area contributed by atoms with Crippen LogP contribution < -0.4 is 10.6 Å². The second-order valence-electron chi connectivity index (χ2n) is 9.54. The van der Waals surface area contributed by atoms with Gasteiger partial charge in [0.15, 0.2) is 0 Å². The predicted molar refractivity (Wildman–Crippen MR) is 129 cm³/mol. The Morgan fingerprint density at radius 3 is 2.59 bits per heavy atom. The minimum Gasteiger partial charge on any atom is -0.321 e. The van der Waals surface area contributed by atoms with Gasteiger partial charge >= 0.3 is 0 Å². The monoisotopic (exact) mass is 458 g/mol. The average molecular weight is 459 g/mol. The number of aliphatic imine (C=N–C) groups is 1. The molecule has 1 aromatic heterocycles. The standard InChI is InChI=1S/C26H27FN6O/c1-32-9-7-16(8-10-32)15-3-5-18(6-4-15)29-26(34)24-20-11-19(17-13-28-33(2)14-17)22(27)12-21(20)23-25(30-23)31-24/h3-6,11-14,16,23,25,30H,7-10H2,1-2H3,(H,29,34). The van der Waals surface area contributed by atoms with E-state index in [4.69, 9.17) is 0 Å². The topological polar surface area (TPSA) is 84.5 Å². The number of rotatable bonds is 4. The third kappa shape index (κ3) is 3.82. The quantitative estimate of drug-likeness (QED) is 0.587. The molecule has 2 fully saturated rings. The third-order valence-corrected chi connectivity index (χ3v) is 7.14. The van der Waals surface area contributed by atoms with Gasteiger partial charge in [-0.15, -0.1) is 0 Å². The van der Waals surface area contributed by atoms with Crippen molar-refractivity contribution in [1.82, 2.24) is 20.0 Å². The minimum absolute atomic E-state index is 0.0437. The number of benzene rings is 2. The van der Waals surface area contributed by atoms with E-state index >= 15 is 0 Å². The highest BCUT2D eigenvalue weighted by Gasteiger charge is 2.44. The van der Waals surface area contributed by atoms with Crippen LogP contribution in [0.3, 0.4) is 0 Å². The van der Waals surface area contributed by atoms with Gasteiger partial charge in [0.2, 0.25) is 0 Å². The fourth-order valence-electron chi connectivity index (χ4n) is 5.09. The van der Waals surface area contributed by atoms with E-state index < -0.39 is 0 Å². The summed E-state index contributed by atoms with van der Waals surface area (Å²) in [6, 6.07) is 11.3. The molecule has 1 amide bonds. The fourth-order valence-corrected chi connectivity index (χ4v) is 5.09. The second-order valence-corrected chi connectivity index (χ2v) is 9.54. The van der Waals surface area contributed by atoms with Gasteiger partial charge in [-0.05, 0) is 74.3 Å².